The molecule has 1 saturated carbocycles. The lowest BCUT2D eigenvalue weighted by Gasteiger charge is -2.37. The van der Waals surface area contributed by atoms with Gasteiger partial charge in [-0.2, -0.15) is 0 Å². The molecule has 0 saturated heterocycles. The summed E-state index contributed by atoms with van der Waals surface area (Å²) in [6, 6.07) is 5.74. The van der Waals surface area contributed by atoms with E-state index in [1.165, 1.54) is 6.42 Å². The van der Waals surface area contributed by atoms with Crippen LogP contribution in [0.5, 0.6) is 0 Å². The Kier molecular flexibility index (Phi) is 5.55. The van der Waals surface area contributed by atoms with Crippen molar-refractivity contribution in [3.8, 4) is 0 Å². The number of nitrogens with zero attached hydrogens (tertiary/aromatic N) is 1. The molecule has 1 fully saturated rings. The van der Waals surface area contributed by atoms with Crippen LogP contribution in [0.3, 0.4) is 0 Å². The predicted molar refractivity (Wildman–Crippen MR) is 83.2 cm³/mol. The number of alkyl halides is 1. The smallest absolute Gasteiger partial charge is 0.255 e. The molecule has 1 aromatic rings. The average Bonchev–Trinajstić information content (AvgIpc) is 2.31. The van der Waals surface area contributed by atoms with E-state index in [1.54, 1.807) is 12.1 Å². The highest BCUT2D eigenvalue weighted by atomic mass is 79.9. The third-order valence-corrected chi connectivity index (χ3v) is 4.54. The van der Waals surface area contributed by atoms with Gasteiger partial charge in [0.2, 0.25) is 0 Å². The summed E-state index contributed by atoms with van der Waals surface area (Å²) >= 11 is 15.3. The third-order valence-electron chi connectivity index (χ3n) is 3.47. The Bertz CT molecular complexity index is 463. The molecule has 0 radical (unpaired) electrons. The lowest BCUT2D eigenvalue weighted by atomic mass is 9.91. The van der Waals surface area contributed by atoms with Crippen LogP contribution in [-0.2, 0) is 0 Å². The molecule has 0 heterocycles. The maximum absolute atomic E-state index is 12.6. The van der Waals surface area contributed by atoms with Crippen molar-refractivity contribution in [3.05, 3.63) is 33.3 Å². The monoisotopic (exact) mass is 363 g/mol. The lowest BCUT2D eigenvalue weighted by molar-refractivity contribution is 0.0581. The number of halogens is 3. The van der Waals surface area contributed by atoms with Crippen LogP contribution < -0.4 is 0 Å². The highest BCUT2D eigenvalue weighted by Gasteiger charge is 2.29. The van der Waals surface area contributed by atoms with E-state index < -0.39 is 0 Å². The zero-order chi connectivity index (χ0) is 13.8. The van der Waals surface area contributed by atoms with Gasteiger partial charge in [0.05, 0.1) is 10.6 Å². The number of hydrogen-bond donors (Lipinski definition) is 0. The van der Waals surface area contributed by atoms with Crippen LogP contribution in [-0.4, -0.2) is 29.3 Å². The first-order chi connectivity index (χ1) is 9.13. The molecule has 0 N–H and O–H groups in total. The SMILES string of the molecule is O=C(c1ccc(Br)cc1Cl)N(CCCCl)C1CCC1. The predicted octanol–water partition coefficient (Wildman–Crippen LogP) is 4.73. The largest absolute Gasteiger partial charge is 0.336 e. The molecular formula is C14H16BrCl2NO. The van der Waals surface area contributed by atoms with Crippen molar-refractivity contribution >= 4 is 45.0 Å². The fourth-order valence-electron chi connectivity index (χ4n) is 2.20. The Hall–Kier alpha value is -0.250. The van der Waals surface area contributed by atoms with Crippen LogP contribution in [0.15, 0.2) is 22.7 Å². The summed E-state index contributed by atoms with van der Waals surface area (Å²) < 4.78 is 0.880. The summed E-state index contributed by atoms with van der Waals surface area (Å²) in [5, 5.41) is 0.495. The Balaban J connectivity index is 2.17. The Morgan fingerprint density at radius 2 is 2.16 bits per heavy atom. The molecule has 0 aliphatic heterocycles. The maximum Gasteiger partial charge on any atom is 0.255 e. The van der Waals surface area contributed by atoms with Gasteiger partial charge in [-0.3, -0.25) is 4.79 Å². The third kappa shape index (κ3) is 3.65. The van der Waals surface area contributed by atoms with Gasteiger partial charge in [0.1, 0.15) is 0 Å². The van der Waals surface area contributed by atoms with Gasteiger partial charge in [-0.25, -0.2) is 0 Å². The summed E-state index contributed by atoms with van der Waals surface area (Å²) in [5.41, 5.74) is 0.575. The van der Waals surface area contributed by atoms with E-state index in [1.807, 2.05) is 11.0 Å². The second-order valence-electron chi connectivity index (χ2n) is 4.75. The van der Waals surface area contributed by atoms with Gasteiger partial charge in [0, 0.05) is 22.9 Å². The van der Waals surface area contributed by atoms with Crippen molar-refractivity contribution in [1.82, 2.24) is 4.90 Å². The van der Waals surface area contributed by atoms with Crippen LogP contribution in [0.4, 0.5) is 0 Å². The molecule has 0 atom stereocenters. The van der Waals surface area contributed by atoms with Crippen LogP contribution in [0.1, 0.15) is 36.0 Å². The Morgan fingerprint density at radius 3 is 2.68 bits per heavy atom. The zero-order valence-corrected chi connectivity index (χ0v) is 13.6. The topological polar surface area (TPSA) is 20.3 Å². The van der Waals surface area contributed by atoms with Gasteiger partial charge in [-0.1, -0.05) is 27.5 Å². The van der Waals surface area contributed by atoms with E-state index in [4.69, 9.17) is 23.2 Å². The first-order valence-electron chi connectivity index (χ1n) is 6.45. The highest BCUT2D eigenvalue weighted by molar-refractivity contribution is 9.10. The number of carbonyl (C=O) groups excluding carboxylic acids is 1. The molecule has 5 heteroatoms. The van der Waals surface area contributed by atoms with E-state index in [9.17, 15) is 4.79 Å². The summed E-state index contributed by atoms with van der Waals surface area (Å²) in [7, 11) is 0. The first kappa shape index (κ1) is 15.1. The molecule has 19 heavy (non-hydrogen) atoms. The van der Waals surface area contributed by atoms with E-state index >= 15 is 0 Å². The van der Waals surface area contributed by atoms with Gasteiger partial charge in [-0.05, 0) is 43.9 Å². The number of carbonyl (C=O) groups is 1. The van der Waals surface area contributed by atoms with Crippen molar-refractivity contribution in [2.45, 2.75) is 31.7 Å². The number of rotatable bonds is 5. The second kappa shape index (κ2) is 6.96. The molecule has 2 rings (SSSR count). The zero-order valence-electron chi connectivity index (χ0n) is 10.5. The Labute approximate surface area is 132 Å². The molecule has 1 aliphatic rings. The Morgan fingerprint density at radius 1 is 1.42 bits per heavy atom. The summed E-state index contributed by atoms with van der Waals surface area (Å²) in [6.45, 7) is 0.708. The van der Waals surface area contributed by atoms with Crippen LogP contribution in [0, 0.1) is 0 Å². The van der Waals surface area contributed by atoms with Gasteiger partial charge < -0.3 is 4.90 Å². The lowest BCUT2D eigenvalue weighted by Crippen LogP contribution is -2.45. The van der Waals surface area contributed by atoms with Crippen molar-refractivity contribution < 1.29 is 4.79 Å². The van der Waals surface area contributed by atoms with Crippen molar-refractivity contribution in [2.24, 2.45) is 0 Å². The van der Waals surface area contributed by atoms with E-state index in [2.05, 4.69) is 15.9 Å². The van der Waals surface area contributed by atoms with Crippen LogP contribution >= 0.6 is 39.1 Å². The molecular weight excluding hydrogens is 349 g/mol. The minimum Gasteiger partial charge on any atom is -0.336 e. The van der Waals surface area contributed by atoms with E-state index in [0.29, 0.717) is 29.1 Å². The number of benzene rings is 1. The van der Waals surface area contributed by atoms with Gasteiger partial charge in [-0.15, -0.1) is 11.6 Å². The molecule has 0 unspecified atom stereocenters. The van der Waals surface area contributed by atoms with Crippen molar-refractivity contribution in [3.63, 3.8) is 0 Å². The molecule has 1 aromatic carbocycles. The summed E-state index contributed by atoms with van der Waals surface area (Å²) in [6.07, 6.45) is 4.19. The van der Waals surface area contributed by atoms with Gasteiger partial charge in [0.15, 0.2) is 0 Å². The minimum absolute atomic E-state index is 0.0207. The highest BCUT2D eigenvalue weighted by Crippen LogP contribution is 2.29. The normalized spacial score (nSPS) is 15.1. The second-order valence-corrected chi connectivity index (χ2v) is 6.45. The maximum atomic E-state index is 12.6. The van der Waals surface area contributed by atoms with E-state index in [-0.39, 0.29) is 5.91 Å². The molecule has 0 bridgehead atoms. The molecule has 1 amide bonds. The molecule has 0 aromatic heterocycles. The van der Waals surface area contributed by atoms with E-state index in [0.717, 1.165) is 23.7 Å². The molecule has 2 nitrogen and oxygen atoms in total. The average molecular weight is 365 g/mol. The molecule has 1 aliphatic carbocycles. The fraction of sp³-hybridized carbons (Fsp3) is 0.500. The van der Waals surface area contributed by atoms with Gasteiger partial charge >= 0.3 is 0 Å². The number of hydrogen-bond acceptors (Lipinski definition) is 1. The fourth-order valence-corrected chi connectivity index (χ4v) is 3.07. The first-order valence-corrected chi connectivity index (χ1v) is 8.16. The quantitative estimate of drug-likeness (QED) is 0.692. The van der Waals surface area contributed by atoms with Crippen LogP contribution in [0.2, 0.25) is 5.02 Å². The summed E-state index contributed by atoms with van der Waals surface area (Å²) in [4.78, 5) is 14.5. The van der Waals surface area contributed by atoms with Crippen molar-refractivity contribution in [1.29, 1.82) is 0 Å². The molecule has 104 valence electrons. The minimum atomic E-state index is 0.0207. The van der Waals surface area contributed by atoms with Gasteiger partial charge in [0.25, 0.3) is 5.91 Å². The van der Waals surface area contributed by atoms with Crippen LogP contribution in [0.25, 0.3) is 0 Å². The summed E-state index contributed by atoms with van der Waals surface area (Å²) in [5.74, 6) is 0.595. The molecule has 0 spiro atoms. The van der Waals surface area contributed by atoms with Crippen molar-refractivity contribution in [2.75, 3.05) is 12.4 Å². The number of amides is 1. The standard InChI is InChI=1S/C14H16BrCl2NO/c15-10-5-6-12(13(17)9-10)14(19)18(8-2-7-16)11-3-1-4-11/h5-6,9,11H,1-4,7-8H2.